The smallest absolute Gasteiger partial charge is 0.312 e. The van der Waals surface area contributed by atoms with Crippen molar-refractivity contribution in [2.24, 2.45) is 0 Å². The highest BCUT2D eigenvalue weighted by atomic mass is 19.1. The van der Waals surface area contributed by atoms with Crippen molar-refractivity contribution in [2.75, 3.05) is 20.6 Å². The lowest BCUT2D eigenvalue weighted by Gasteiger charge is -2.31. The van der Waals surface area contributed by atoms with Gasteiger partial charge >= 0.3 is 11.8 Å². The van der Waals surface area contributed by atoms with Gasteiger partial charge in [0, 0.05) is 33.6 Å². The Labute approximate surface area is 196 Å². The molecule has 2 aromatic rings. The van der Waals surface area contributed by atoms with Crippen LogP contribution in [0, 0.1) is 5.82 Å². The first-order valence-electron chi connectivity index (χ1n) is 11.3. The van der Waals surface area contributed by atoms with E-state index in [4.69, 9.17) is 0 Å². The molecule has 1 atom stereocenters. The molecule has 1 unspecified atom stereocenters. The van der Waals surface area contributed by atoms with Crippen LogP contribution in [-0.4, -0.2) is 62.7 Å². The fraction of sp³-hybridized carbons (Fsp3) is 0.458. The van der Waals surface area contributed by atoms with Crippen LogP contribution in [0.15, 0.2) is 29.1 Å². The van der Waals surface area contributed by atoms with Gasteiger partial charge in [-0.05, 0) is 50.3 Å². The van der Waals surface area contributed by atoms with Crippen molar-refractivity contribution in [2.45, 2.75) is 51.6 Å². The minimum absolute atomic E-state index is 0.0463. The van der Waals surface area contributed by atoms with Crippen LogP contribution in [0.25, 0.3) is 0 Å². The third-order valence-corrected chi connectivity index (χ3v) is 5.97. The van der Waals surface area contributed by atoms with E-state index in [9.17, 15) is 28.7 Å². The number of aromatic hydroxyl groups is 1. The van der Waals surface area contributed by atoms with E-state index in [1.807, 2.05) is 0 Å². The molecule has 2 amide bonds. The summed E-state index contributed by atoms with van der Waals surface area (Å²) in [4.78, 5) is 58.0. The summed E-state index contributed by atoms with van der Waals surface area (Å²) in [7, 11) is 2.96. The highest BCUT2D eigenvalue weighted by molar-refractivity contribution is 6.34. The lowest BCUT2D eigenvalue weighted by Crippen LogP contribution is -2.45. The van der Waals surface area contributed by atoms with Crippen LogP contribution in [0.2, 0.25) is 0 Å². The molecule has 10 heteroatoms. The molecule has 0 saturated heterocycles. The molecular weight excluding hydrogens is 443 g/mol. The molecule has 9 nitrogen and oxygen atoms in total. The molecule has 1 aliphatic rings. The zero-order valence-electron chi connectivity index (χ0n) is 19.6. The molecule has 0 spiro atoms. The number of aromatic nitrogens is 2. The van der Waals surface area contributed by atoms with E-state index in [-0.39, 0.29) is 43.3 Å². The van der Waals surface area contributed by atoms with Crippen LogP contribution in [0.5, 0.6) is 5.75 Å². The van der Waals surface area contributed by atoms with Crippen LogP contribution in [0.1, 0.15) is 60.5 Å². The Bertz CT molecular complexity index is 1140. The number of hydrogen-bond acceptors (Lipinski definition) is 6. The third kappa shape index (κ3) is 5.16. The number of hydrogen-bond donors (Lipinski definition) is 1. The maximum atomic E-state index is 13.1. The second-order valence-electron chi connectivity index (χ2n) is 8.48. The molecule has 1 N–H and O–H groups in total. The third-order valence-electron chi connectivity index (χ3n) is 5.97. The van der Waals surface area contributed by atoms with E-state index in [1.54, 1.807) is 19.1 Å². The van der Waals surface area contributed by atoms with Gasteiger partial charge in [0.2, 0.25) is 5.75 Å². The summed E-state index contributed by atoms with van der Waals surface area (Å²) in [6.45, 7) is 2.21. The molecule has 0 bridgehead atoms. The highest BCUT2D eigenvalue weighted by Crippen LogP contribution is 2.30. The average Bonchev–Trinajstić information content (AvgIpc) is 3.03. The van der Waals surface area contributed by atoms with Gasteiger partial charge < -0.3 is 14.9 Å². The Morgan fingerprint density at radius 2 is 1.82 bits per heavy atom. The minimum Gasteiger partial charge on any atom is -0.501 e. The van der Waals surface area contributed by atoms with Gasteiger partial charge in [-0.3, -0.25) is 23.7 Å². The Balaban J connectivity index is 1.98. The first kappa shape index (κ1) is 25.1. The molecule has 0 aliphatic carbocycles. The Morgan fingerprint density at radius 1 is 1.15 bits per heavy atom. The number of ketones is 1. The van der Waals surface area contributed by atoms with Crippen LogP contribution in [0.3, 0.4) is 0 Å². The molecule has 34 heavy (non-hydrogen) atoms. The second kappa shape index (κ2) is 10.6. The molecule has 2 heterocycles. The predicted molar refractivity (Wildman–Crippen MR) is 122 cm³/mol. The number of nitrogens with zero attached hydrogens (tertiary/aromatic N) is 4. The molecule has 1 aromatic heterocycles. The van der Waals surface area contributed by atoms with Crippen molar-refractivity contribution < 1.29 is 23.9 Å². The summed E-state index contributed by atoms with van der Waals surface area (Å²) < 4.78 is 14.4. The topological polar surface area (TPSA) is 113 Å². The Hall–Kier alpha value is -3.56. The number of Topliss-reactive ketones (excluding diaryl/α,β-unsaturated/α-hetero) is 1. The standard InChI is InChI=1S/C24H29FN4O5/c1-4-28(24(34)23(33)27(2)3)17-7-5-6-14-29-21(17)26-19(20(31)22(29)32)18(30)13-10-15-8-11-16(25)12-9-15/h8-9,11-12,17,31H,4-7,10,13-14H2,1-3H3. The number of carbonyl (C=O) groups excluding carboxylic acids is 3. The van der Waals surface area contributed by atoms with Gasteiger partial charge in [0.25, 0.3) is 5.56 Å². The summed E-state index contributed by atoms with van der Waals surface area (Å²) in [5.41, 5.74) is -0.374. The van der Waals surface area contributed by atoms with Crippen molar-refractivity contribution in [3.8, 4) is 5.75 Å². The van der Waals surface area contributed by atoms with E-state index in [0.29, 0.717) is 19.3 Å². The number of rotatable bonds is 6. The number of halogens is 1. The molecule has 0 fully saturated rings. The lowest BCUT2D eigenvalue weighted by molar-refractivity contribution is -0.152. The quantitative estimate of drug-likeness (QED) is 0.509. The highest BCUT2D eigenvalue weighted by Gasteiger charge is 2.35. The van der Waals surface area contributed by atoms with E-state index in [1.165, 1.54) is 40.6 Å². The summed E-state index contributed by atoms with van der Waals surface area (Å²) >= 11 is 0. The number of fused-ring (bicyclic) bond motifs is 1. The molecule has 1 aromatic carbocycles. The predicted octanol–water partition coefficient (Wildman–Crippen LogP) is 2.07. The monoisotopic (exact) mass is 472 g/mol. The SMILES string of the molecule is CCN(C(=O)C(=O)N(C)C)C1CCCCn2c1nc(C(=O)CCc1ccc(F)cc1)c(O)c2=O. The number of likely N-dealkylation sites (N-methyl/N-ethyl adjacent to an activating group) is 2. The minimum atomic E-state index is -0.746. The van der Waals surface area contributed by atoms with Crippen LogP contribution >= 0.6 is 0 Å². The van der Waals surface area contributed by atoms with Gasteiger partial charge in [-0.25, -0.2) is 9.37 Å². The summed E-state index contributed by atoms with van der Waals surface area (Å²) in [5, 5.41) is 10.5. The van der Waals surface area contributed by atoms with Gasteiger partial charge in [0.1, 0.15) is 11.6 Å². The van der Waals surface area contributed by atoms with E-state index < -0.39 is 34.9 Å². The normalized spacial score (nSPS) is 15.2. The van der Waals surface area contributed by atoms with Gasteiger partial charge in [-0.2, -0.15) is 0 Å². The van der Waals surface area contributed by atoms with Crippen LogP contribution in [0.4, 0.5) is 4.39 Å². The maximum absolute atomic E-state index is 13.1. The van der Waals surface area contributed by atoms with E-state index in [0.717, 1.165) is 5.56 Å². The number of carbonyl (C=O) groups is 3. The molecular formula is C24H29FN4O5. The first-order valence-corrected chi connectivity index (χ1v) is 11.3. The van der Waals surface area contributed by atoms with Crippen molar-refractivity contribution in [1.82, 2.24) is 19.4 Å². The summed E-state index contributed by atoms with van der Waals surface area (Å²) in [6.07, 6.45) is 1.98. The lowest BCUT2D eigenvalue weighted by atomic mass is 10.0. The van der Waals surface area contributed by atoms with Crippen molar-refractivity contribution in [3.05, 3.63) is 57.5 Å². The first-order chi connectivity index (χ1) is 16.1. The van der Waals surface area contributed by atoms with Gasteiger partial charge in [-0.15, -0.1) is 0 Å². The molecule has 3 rings (SSSR count). The summed E-state index contributed by atoms with van der Waals surface area (Å²) in [5.74, 6) is -2.89. The average molecular weight is 473 g/mol. The number of benzene rings is 1. The van der Waals surface area contributed by atoms with Gasteiger partial charge in [-0.1, -0.05) is 12.1 Å². The molecule has 1 aliphatic heterocycles. The van der Waals surface area contributed by atoms with Crippen LogP contribution in [-0.2, 0) is 22.6 Å². The zero-order valence-corrected chi connectivity index (χ0v) is 19.6. The zero-order chi connectivity index (χ0) is 25.0. The number of aryl methyl sites for hydroxylation is 1. The summed E-state index contributed by atoms with van der Waals surface area (Å²) in [6, 6.07) is 5.01. The van der Waals surface area contributed by atoms with Crippen LogP contribution < -0.4 is 5.56 Å². The Kier molecular flexibility index (Phi) is 7.80. The van der Waals surface area contributed by atoms with Crippen molar-refractivity contribution in [1.29, 1.82) is 0 Å². The van der Waals surface area contributed by atoms with Crippen molar-refractivity contribution >= 4 is 17.6 Å². The fourth-order valence-corrected chi connectivity index (χ4v) is 4.10. The molecule has 0 radical (unpaired) electrons. The largest absolute Gasteiger partial charge is 0.501 e. The number of amides is 2. The van der Waals surface area contributed by atoms with Crippen molar-refractivity contribution in [3.63, 3.8) is 0 Å². The van der Waals surface area contributed by atoms with Gasteiger partial charge in [0.05, 0.1) is 6.04 Å². The molecule has 0 saturated carbocycles. The Morgan fingerprint density at radius 3 is 2.44 bits per heavy atom. The second-order valence-corrected chi connectivity index (χ2v) is 8.48. The maximum Gasteiger partial charge on any atom is 0.312 e. The molecule has 182 valence electrons. The van der Waals surface area contributed by atoms with E-state index >= 15 is 0 Å². The fourth-order valence-electron chi connectivity index (χ4n) is 4.10. The van der Waals surface area contributed by atoms with Gasteiger partial charge in [0.15, 0.2) is 11.5 Å². The van der Waals surface area contributed by atoms with E-state index in [2.05, 4.69) is 4.98 Å².